The van der Waals surface area contributed by atoms with Gasteiger partial charge in [-0.05, 0) is 56.3 Å². The third-order valence-electron chi connectivity index (χ3n) is 4.91. The van der Waals surface area contributed by atoms with Crippen LogP contribution in [0.3, 0.4) is 0 Å². The zero-order chi connectivity index (χ0) is 13.6. The van der Waals surface area contributed by atoms with Gasteiger partial charge in [-0.1, -0.05) is 19.1 Å². The zero-order valence-electron chi connectivity index (χ0n) is 11.7. The van der Waals surface area contributed by atoms with Crippen LogP contribution in [0.15, 0.2) is 0 Å². The van der Waals surface area contributed by atoms with Gasteiger partial charge in [0.1, 0.15) is 0 Å². The fraction of sp³-hybridized carbons (Fsp3) is 0.867. The molecular weight excluding hydrogens is 256 g/mol. The fourth-order valence-electron chi connectivity index (χ4n) is 3.38. The van der Waals surface area contributed by atoms with Gasteiger partial charge in [0, 0.05) is 13.1 Å². The SMILES string of the molecule is CC1CC(C(=O)N(CC2CC2)CC2CC2)(C(N)=S)C1. The van der Waals surface area contributed by atoms with Crippen LogP contribution in [0.25, 0.3) is 0 Å². The second-order valence-corrected chi connectivity index (χ2v) is 7.50. The summed E-state index contributed by atoms with van der Waals surface area (Å²) in [7, 11) is 0. The molecule has 3 nitrogen and oxygen atoms in total. The summed E-state index contributed by atoms with van der Waals surface area (Å²) in [4.78, 5) is 15.4. The molecule has 0 spiro atoms. The molecule has 3 rings (SSSR count). The summed E-state index contributed by atoms with van der Waals surface area (Å²) in [6.45, 7) is 4.05. The van der Waals surface area contributed by atoms with Gasteiger partial charge in [0.15, 0.2) is 0 Å². The Labute approximate surface area is 120 Å². The first kappa shape index (κ1) is 13.3. The maximum atomic E-state index is 12.9. The third kappa shape index (κ3) is 2.64. The number of hydrogen-bond acceptors (Lipinski definition) is 2. The Morgan fingerprint density at radius 2 is 1.68 bits per heavy atom. The predicted octanol–water partition coefficient (Wildman–Crippen LogP) is 2.34. The van der Waals surface area contributed by atoms with Crippen molar-refractivity contribution >= 4 is 23.1 Å². The lowest BCUT2D eigenvalue weighted by atomic mass is 9.61. The van der Waals surface area contributed by atoms with Crippen molar-refractivity contribution in [3.8, 4) is 0 Å². The van der Waals surface area contributed by atoms with Crippen LogP contribution in [-0.2, 0) is 4.79 Å². The van der Waals surface area contributed by atoms with Gasteiger partial charge >= 0.3 is 0 Å². The quantitative estimate of drug-likeness (QED) is 0.760. The molecule has 0 aromatic heterocycles. The average molecular weight is 280 g/mol. The molecule has 0 aromatic rings. The Balaban J connectivity index is 1.71. The van der Waals surface area contributed by atoms with Crippen LogP contribution in [-0.4, -0.2) is 28.9 Å². The molecule has 19 heavy (non-hydrogen) atoms. The molecule has 0 aliphatic heterocycles. The first-order valence-electron chi connectivity index (χ1n) is 7.60. The summed E-state index contributed by atoms with van der Waals surface area (Å²) < 4.78 is 0. The average Bonchev–Trinajstić information content (AvgIpc) is 3.16. The monoisotopic (exact) mass is 280 g/mol. The molecule has 0 saturated heterocycles. The second-order valence-electron chi connectivity index (χ2n) is 7.06. The van der Waals surface area contributed by atoms with Crippen LogP contribution in [0.4, 0.5) is 0 Å². The van der Waals surface area contributed by atoms with E-state index >= 15 is 0 Å². The van der Waals surface area contributed by atoms with E-state index in [9.17, 15) is 4.79 Å². The van der Waals surface area contributed by atoms with E-state index < -0.39 is 5.41 Å². The summed E-state index contributed by atoms with van der Waals surface area (Å²) >= 11 is 5.22. The maximum Gasteiger partial charge on any atom is 0.235 e. The van der Waals surface area contributed by atoms with E-state index in [2.05, 4.69) is 11.8 Å². The molecule has 1 amide bonds. The predicted molar refractivity (Wildman–Crippen MR) is 79.6 cm³/mol. The largest absolute Gasteiger partial charge is 0.392 e. The van der Waals surface area contributed by atoms with Gasteiger partial charge in [-0.2, -0.15) is 0 Å². The first-order valence-corrected chi connectivity index (χ1v) is 8.01. The number of nitrogens with two attached hydrogens (primary N) is 1. The molecule has 3 aliphatic carbocycles. The Hall–Kier alpha value is -0.640. The van der Waals surface area contributed by atoms with Crippen LogP contribution in [0, 0.1) is 23.2 Å². The van der Waals surface area contributed by atoms with Crippen molar-refractivity contribution in [1.82, 2.24) is 4.90 Å². The molecule has 0 bridgehead atoms. The Morgan fingerprint density at radius 1 is 1.21 bits per heavy atom. The number of rotatable bonds is 6. The normalized spacial score (nSPS) is 33.6. The van der Waals surface area contributed by atoms with E-state index in [-0.39, 0.29) is 5.91 Å². The van der Waals surface area contributed by atoms with Gasteiger partial charge in [-0.15, -0.1) is 0 Å². The van der Waals surface area contributed by atoms with Crippen LogP contribution in [0.5, 0.6) is 0 Å². The highest BCUT2D eigenvalue weighted by atomic mass is 32.1. The topological polar surface area (TPSA) is 46.3 Å². The lowest BCUT2D eigenvalue weighted by molar-refractivity contribution is -0.144. The van der Waals surface area contributed by atoms with E-state index in [1.54, 1.807) is 0 Å². The summed E-state index contributed by atoms with van der Waals surface area (Å²) in [6, 6.07) is 0. The standard InChI is InChI=1S/C15H24N2OS/c1-10-6-15(7-10,13(16)19)14(18)17(8-11-2-3-11)9-12-4-5-12/h10-12H,2-9H2,1H3,(H2,16,19). The van der Waals surface area contributed by atoms with Gasteiger partial charge in [0.2, 0.25) is 5.91 Å². The summed E-state index contributed by atoms with van der Waals surface area (Å²) in [5.74, 6) is 2.29. The molecule has 0 unspecified atom stereocenters. The fourth-order valence-corrected chi connectivity index (χ4v) is 3.63. The summed E-state index contributed by atoms with van der Waals surface area (Å²) in [6.07, 6.45) is 6.84. The second kappa shape index (κ2) is 4.72. The number of carbonyl (C=O) groups excluding carboxylic acids is 1. The van der Waals surface area contributed by atoms with Crippen molar-refractivity contribution in [1.29, 1.82) is 0 Å². The number of carbonyl (C=O) groups is 1. The van der Waals surface area contributed by atoms with Gasteiger partial charge in [0.25, 0.3) is 0 Å². The van der Waals surface area contributed by atoms with E-state index in [0.29, 0.717) is 10.9 Å². The Kier molecular flexibility index (Phi) is 3.32. The minimum Gasteiger partial charge on any atom is -0.392 e. The Morgan fingerprint density at radius 3 is 2.00 bits per heavy atom. The van der Waals surface area contributed by atoms with E-state index in [1.165, 1.54) is 25.7 Å². The van der Waals surface area contributed by atoms with Crippen LogP contribution >= 0.6 is 12.2 Å². The molecule has 0 radical (unpaired) electrons. The third-order valence-corrected chi connectivity index (χ3v) is 5.30. The lowest BCUT2D eigenvalue weighted by Gasteiger charge is -2.46. The molecule has 3 fully saturated rings. The molecular formula is C15H24N2OS. The highest BCUT2D eigenvalue weighted by Crippen LogP contribution is 2.48. The molecule has 3 aliphatic rings. The van der Waals surface area contributed by atoms with Gasteiger partial charge in [-0.25, -0.2) is 0 Å². The zero-order valence-corrected chi connectivity index (χ0v) is 12.5. The molecule has 3 saturated carbocycles. The highest BCUT2D eigenvalue weighted by molar-refractivity contribution is 7.80. The number of thiocarbonyl (C=S) groups is 1. The minimum absolute atomic E-state index is 0.233. The minimum atomic E-state index is -0.501. The van der Waals surface area contributed by atoms with Crippen molar-refractivity contribution in [2.45, 2.75) is 45.4 Å². The summed E-state index contributed by atoms with van der Waals surface area (Å²) in [5.41, 5.74) is 5.41. The molecule has 0 aromatic carbocycles. The number of nitrogens with zero attached hydrogens (tertiary/aromatic N) is 1. The van der Waals surface area contributed by atoms with Gasteiger partial charge in [-0.3, -0.25) is 4.79 Å². The van der Waals surface area contributed by atoms with Crippen LogP contribution in [0.2, 0.25) is 0 Å². The van der Waals surface area contributed by atoms with Crippen molar-refractivity contribution in [3.05, 3.63) is 0 Å². The summed E-state index contributed by atoms with van der Waals surface area (Å²) in [5, 5.41) is 0. The molecule has 2 N–H and O–H groups in total. The van der Waals surface area contributed by atoms with Crippen molar-refractivity contribution in [2.24, 2.45) is 28.9 Å². The van der Waals surface area contributed by atoms with Crippen molar-refractivity contribution in [3.63, 3.8) is 0 Å². The van der Waals surface area contributed by atoms with E-state index in [1.807, 2.05) is 0 Å². The van der Waals surface area contributed by atoms with Crippen molar-refractivity contribution < 1.29 is 4.79 Å². The number of hydrogen-bond donors (Lipinski definition) is 1. The molecule has 4 heteroatoms. The van der Waals surface area contributed by atoms with Crippen LogP contribution < -0.4 is 5.73 Å². The Bertz CT molecular complexity index is 381. The molecule has 106 valence electrons. The van der Waals surface area contributed by atoms with E-state index in [4.69, 9.17) is 18.0 Å². The van der Waals surface area contributed by atoms with Gasteiger partial charge < -0.3 is 10.6 Å². The van der Waals surface area contributed by atoms with Gasteiger partial charge in [0.05, 0.1) is 10.4 Å². The highest BCUT2D eigenvalue weighted by Gasteiger charge is 2.53. The first-order chi connectivity index (χ1) is 9.01. The van der Waals surface area contributed by atoms with Crippen LogP contribution in [0.1, 0.15) is 45.4 Å². The number of amides is 1. The van der Waals surface area contributed by atoms with Crippen molar-refractivity contribution in [2.75, 3.05) is 13.1 Å². The van der Waals surface area contributed by atoms with E-state index in [0.717, 1.165) is 37.8 Å². The molecule has 0 heterocycles. The lowest BCUT2D eigenvalue weighted by Crippen LogP contribution is -2.57. The molecule has 0 atom stereocenters. The maximum absolute atomic E-state index is 12.9. The smallest absolute Gasteiger partial charge is 0.235 e.